The molecule has 96 valence electrons. The van der Waals surface area contributed by atoms with Crippen molar-refractivity contribution in [2.45, 2.75) is 25.4 Å². The molecule has 3 nitrogen and oxygen atoms in total. The van der Waals surface area contributed by atoms with Crippen LogP contribution in [0.25, 0.3) is 10.9 Å². The highest BCUT2D eigenvalue weighted by atomic mass is 15.1. The predicted octanol–water partition coefficient (Wildman–Crippen LogP) is 2.19. The summed E-state index contributed by atoms with van der Waals surface area (Å²) in [4.78, 5) is 0. The van der Waals surface area contributed by atoms with Gasteiger partial charge in [0.1, 0.15) is 0 Å². The topological polar surface area (TPSA) is 29.0 Å². The molecule has 1 aliphatic rings. The molecule has 0 amide bonds. The van der Waals surface area contributed by atoms with Crippen molar-refractivity contribution in [1.82, 2.24) is 15.2 Å². The molecule has 1 aromatic carbocycles. The van der Waals surface area contributed by atoms with Gasteiger partial charge >= 0.3 is 0 Å². The minimum Gasteiger partial charge on any atom is -0.351 e. The van der Waals surface area contributed by atoms with Gasteiger partial charge in [-0.05, 0) is 43.0 Å². The van der Waals surface area contributed by atoms with E-state index in [1.165, 1.54) is 16.5 Å². The Morgan fingerprint density at radius 1 is 1.28 bits per heavy atom. The minimum atomic E-state index is 0.161. The molecular formula is C15H21N3. The Morgan fingerprint density at radius 2 is 2.11 bits per heavy atom. The van der Waals surface area contributed by atoms with Gasteiger partial charge < -0.3 is 15.2 Å². The van der Waals surface area contributed by atoms with Crippen LogP contribution in [0, 0.1) is 0 Å². The van der Waals surface area contributed by atoms with E-state index in [2.05, 4.69) is 66.6 Å². The van der Waals surface area contributed by atoms with E-state index in [1.807, 2.05) is 0 Å². The number of piperazine rings is 1. The highest BCUT2D eigenvalue weighted by Crippen LogP contribution is 2.24. The van der Waals surface area contributed by atoms with Crippen molar-refractivity contribution in [1.29, 1.82) is 0 Å². The fraction of sp³-hybridized carbons (Fsp3) is 0.467. The average molecular weight is 243 g/mol. The molecular weight excluding hydrogens is 222 g/mol. The number of benzene rings is 1. The molecule has 18 heavy (non-hydrogen) atoms. The van der Waals surface area contributed by atoms with E-state index in [-0.39, 0.29) is 5.54 Å². The van der Waals surface area contributed by atoms with E-state index in [9.17, 15) is 0 Å². The number of aryl methyl sites for hydroxylation is 1. The number of rotatable bonds is 1. The monoisotopic (exact) mass is 243 g/mol. The lowest BCUT2D eigenvalue weighted by Gasteiger charge is -2.38. The van der Waals surface area contributed by atoms with Crippen molar-refractivity contribution in [2.75, 3.05) is 13.1 Å². The summed E-state index contributed by atoms with van der Waals surface area (Å²) in [6.45, 7) is 6.51. The van der Waals surface area contributed by atoms with Crippen LogP contribution in [-0.4, -0.2) is 23.2 Å². The van der Waals surface area contributed by atoms with E-state index in [0.29, 0.717) is 6.04 Å². The number of hydrogen-bond acceptors (Lipinski definition) is 2. The highest BCUT2D eigenvalue weighted by Gasteiger charge is 2.27. The Kier molecular flexibility index (Phi) is 2.68. The van der Waals surface area contributed by atoms with E-state index >= 15 is 0 Å². The van der Waals surface area contributed by atoms with Crippen molar-refractivity contribution in [3.05, 3.63) is 36.0 Å². The third-order valence-electron chi connectivity index (χ3n) is 3.79. The first kappa shape index (κ1) is 11.8. The van der Waals surface area contributed by atoms with Gasteiger partial charge in [0, 0.05) is 43.4 Å². The highest BCUT2D eigenvalue weighted by molar-refractivity contribution is 5.80. The second-order valence-corrected chi connectivity index (χ2v) is 5.96. The van der Waals surface area contributed by atoms with E-state index in [1.54, 1.807) is 0 Å². The van der Waals surface area contributed by atoms with Gasteiger partial charge in [0.15, 0.2) is 0 Å². The first-order chi connectivity index (χ1) is 8.55. The average Bonchev–Trinajstić information content (AvgIpc) is 2.69. The fourth-order valence-corrected chi connectivity index (χ4v) is 2.82. The van der Waals surface area contributed by atoms with E-state index in [0.717, 1.165) is 13.1 Å². The molecule has 1 saturated heterocycles. The molecule has 0 saturated carbocycles. The molecule has 1 unspecified atom stereocenters. The number of aromatic nitrogens is 1. The van der Waals surface area contributed by atoms with Crippen LogP contribution in [0.4, 0.5) is 0 Å². The predicted molar refractivity (Wildman–Crippen MR) is 75.7 cm³/mol. The lowest BCUT2D eigenvalue weighted by molar-refractivity contribution is 0.264. The molecule has 1 atom stereocenters. The van der Waals surface area contributed by atoms with Crippen molar-refractivity contribution < 1.29 is 0 Å². The molecule has 3 heteroatoms. The number of fused-ring (bicyclic) bond motifs is 1. The standard InChI is InChI=1S/C15H21N3/c1-15(2)10-16-9-13(17-15)11-4-5-14-12(8-11)6-7-18(14)3/h4-8,13,16-17H,9-10H2,1-3H3. The van der Waals surface area contributed by atoms with Crippen molar-refractivity contribution in [2.24, 2.45) is 7.05 Å². The van der Waals surface area contributed by atoms with Gasteiger partial charge in [-0.25, -0.2) is 0 Å². The zero-order valence-electron chi connectivity index (χ0n) is 11.3. The van der Waals surface area contributed by atoms with E-state index in [4.69, 9.17) is 0 Å². The zero-order chi connectivity index (χ0) is 12.8. The van der Waals surface area contributed by atoms with Crippen molar-refractivity contribution in [3.63, 3.8) is 0 Å². The van der Waals surface area contributed by atoms with Crippen LogP contribution in [0.5, 0.6) is 0 Å². The first-order valence-corrected chi connectivity index (χ1v) is 6.59. The quantitative estimate of drug-likeness (QED) is 0.804. The van der Waals surface area contributed by atoms with Crippen LogP contribution in [0.2, 0.25) is 0 Å². The summed E-state index contributed by atoms with van der Waals surface area (Å²) in [5.74, 6) is 0. The maximum absolute atomic E-state index is 3.71. The minimum absolute atomic E-state index is 0.161. The van der Waals surface area contributed by atoms with Gasteiger partial charge in [-0.3, -0.25) is 0 Å². The molecule has 0 spiro atoms. The van der Waals surface area contributed by atoms with Crippen molar-refractivity contribution >= 4 is 10.9 Å². The first-order valence-electron chi connectivity index (χ1n) is 6.59. The Morgan fingerprint density at radius 3 is 2.89 bits per heavy atom. The molecule has 1 fully saturated rings. The van der Waals surface area contributed by atoms with Crippen LogP contribution in [-0.2, 0) is 7.05 Å². The van der Waals surface area contributed by atoms with Gasteiger partial charge in [0.05, 0.1) is 0 Å². The second kappa shape index (κ2) is 4.11. The maximum Gasteiger partial charge on any atom is 0.0477 e. The molecule has 1 aliphatic heterocycles. The Bertz CT molecular complexity index is 568. The smallest absolute Gasteiger partial charge is 0.0477 e. The summed E-state index contributed by atoms with van der Waals surface area (Å²) < 4.78 is 2.16. The van der Waals surface area contributed by atoms with Crippen molar-refractivity contribution in [3.8, 4) is 0 Å². The second-order valence-electron chi connectivity index (χ2n) is 5.96. The van der Waals surface area contributed by atoms with Gasteiger partial charge in [0.2, 0.25) is 0 Å². The number of nitrogens with zero attached hydrogens (tertiary/aromatic N) is 1. The summed E-state index contributed by atoms with van der Waals surface area (Å²) >= 11 is 0. The van der Waals surface area contributed by atoms with Crippen LogP contribution in [0.1, 0.15) is 25.5 Å². The maximum atomic E-state index is 3.71. The van der Waals surface area contributed by atoms with Gasteiger partial charge in [-0.2, -0.15) is 0 Å². The SMILES string of the molecule is Cn1ccc2cc(C3CNCC(C)(C)N3)ccc21. The molecule has 2 N–H and O–H groups in total. The number of hydrogen-bond donors (Lipinski definition) is 2. The Hall–Kier alpha value is -1.32. The summed E-state index contributed by atoms with van der Waals surface area (Å²) in [6.07, 6.45) is 2.12. The van der Waals surface area contributed by atoms with Gasteiger partial charge in [-0.15, -0.1) is 0 Å². The summed E-state index contributed by atoms with van der Waals surface area (Å²) in [5.41, 5.74) is 2.82. The molecule has 0 bridgehead atoms. The number of nitrogens with one attached hydrogen (secondary N) is 2. The third-order valence-corrected chi connectivity index (χ3v) is 3.79. The molecule has 1 aromatic heterocycles. The fourth-order valence-electron chi connectivity index (χ4n) is 2.82. The van der Waals surface area contributed by atoms with Crippen LogP contribution in [0.15, 0.2) is 30.5 Å². The summed E-state index contributed by atoms with van der Waals surface area (Å²) in [7, 11) is 2.09. The zero-order valence-corrected chi connectivity index (χ0v) is 11.3. The summed E-state index contributed by atoms with van der Waals surface area (Å²) in [5, 5.41) is 8.54. The largest absolute Gasteiger partial charge is 0.351 e. The van der Waals surface area contributed by atoms with Gasteiger partial charge in [-0.1, -0.05) is 6.07 Å². The molecule has 3 rings (SSSR count). The van der Waals surface area contributed by atoms with Crippen LogP contribution >= 0.6 is 0 Å². The molecule has 0 aliphatic carbocycles. The third kappa shape index (κ3) is 2.04. The lowest BCUT2D eigenvalue weighted by Crippen LogP contribution is -2.56. The van der Waals surface area contributed by atoms with Crippen LogP contribution < -0.4 is 10.6 Å². The Labute approximate surface area is 108 Å². The summed E-state index contributed by atoms with van der Waals surface area (Å²) in [6, 6.07) is 9.34. The van der Waals surface area contributed by atoms with E-state index < -0.39 is 0 Å². The molecule has 2 heterocycles. The molecule has 0 radical (unpaired) electrons. The Balaban J connectivity index is 1.94. The lowest BCUT2D eigenvalue weighted by atomic mass is 9.96. The van der Waals surface area contributed by atoms with Crippen LogP contribution in [0.3, 0.4) is 0 Å². The van der Waals surface area contributed by atoms with Gasteiger partial charge in [0.25, 0.3) is 0 Å². The molecule has 2 aromatic rings. The normalized spacial score (nSPS) is 23.4.